The highest BCUT2D eigenvalue weighted by atomic mass is 16.5. The van der Waals surface area contributed by atoms with Gasteiger partial charge in [-0.25, -0.2) is 4.79 Å². The van der Waals surface area contributed by atoms with Gasteiger partial charge in [-0.05, 0) is 37.6 Å². The number of carbonyl (C=O) groups is 3. The molecule has 0 radical (unpaired) electrons. The van der Waals surface area contributed by atoms with Gasteiger partial charge in [0.2, 0.25) is 5.91 Å². The summed E-state index contributed by atoms with van der Waals surface area (Å²) >= 11 is 0. The predicted octanol–water partition coefficient (Wildman–Crippen LogP) is 1.57. The largest absolute Gasteiger partial charge is 0.378 e. The maximum atomic E-state index is 12.5. The van der Waals surface area contributed by atoms with Crippen molar-refractivity contribution in [3.05, 3.63) is 24.3 Å². The topological polar surface area (TPSA) is 91.0 Å². The van der Waals surface area contributed by atoms with E-state index in [1.165, 1.54) is 0 Å². The smallest absolute Gasteiger partial charge is 0.325 e. The van der Waals surface area contributed by atoms with Crippen LogP contribution in [0.1, 0.15) is 26.7 Å². The standard InChI is InChI=1S/C19H26N4O4/c1-3-4-16-18(25)23(19(26)21-16)13(2)17(24)20-14-5-7-15(8-6-14)22-9-11-27-12-10-22/h5-8,13,16H,3-4,9-12H2,1-2H3,(H,20,24)(H,21,26)/t13-,16-/m1/s1. The van der Waals surface area contributed by atoms with E-state index in [1.54, 1.807) is 6.92 Å². The van der Waals surface area contributed by atoms with Crippen molar-refractivity contribution in [2.24, 2.45) is 0 Å². The molecule has 1 aromatic rings. The Kier molecular flexibility index (Phi) is 5.95. The third-order valence-corrected chi connectivity index (χ3v) is 4.91. The lowest BCUT2D eigenvalue weighted by molar-refractivity contribution is -0.133. The van der Waals surface area contributed by atoms with E-state index in [1.807, 2.05) is 31.2 Å². The Hall–Kier alpha value is -2.61. The van der Waals surface area contributed by atoms with Gasteiger partial charge in [-0.15, -0.1) is 0 Å². The van der Waals surface area contributed by atoms with E-state index in [0.29, 0.717) is 25.3 Å². The molecule has 27 heavy (non-hydrogen) atoms. The van der Waals surface area contributed by atoms with Crippen LogP contribution in [0.15, 0.2) is 24.3 Å². The molecule has 2 saturated heterocycles. The number of benzene rings is 1. The van der Waals surface area contributed by atoms with Gasteiger partial charge in [0.1, 0.15) is 12.1 Å². The van der Waals surface area contributed by atoms with E-state index in [0.717, 1.165) is 30.1 Å². The third-order valence-electron chi connectivity index (χ3n) is 4.91. The first-order valence-electron chi connectivity index (χ1n) is 9.38. The fourth-order valence-corrected chi connectivity index (χ4v) is 3.34. The molecule has 0 unspecified atom stereocenters. The van der Waals surface area contributed by atoms with Gasteiger partial charge in [-0.1, -0.05) is 13.3 Å². The molecule has 0 aromatic heterocycles. The molecule has 2 aliphatic rings. The van der Waals surface area contributed by atoms with Crippen LogP contribution in [-0.2, 0) is 14.3 Å². The molecule has 2 fully saturated rings. The number of hydrogen-bond donors (Lipinski definition) is 2. The van der Waals surface area contributed by atoms with Crippen LogP contribution in [0.2, 0.25) is 0 Å². The predicted molar refractivity (Wildman–Crippen MR) is 102 cm³/mol. The molecule has 4 amide bonds. The second kappa shape index (κ2) is 8.39. The molecular weight excluding hydrogens is 348 g/mol. The number of amides is 4. The van der Waals surface area contributed by atoms with Gasteiger partial charge in [-0.3, -0.25) is 14.5 Å². The van der Waals surface area contributed by atoms with Gasteiger partial charge in [0.15, 0.2) is 0 Å². The molecule has 0 aliphatic carbocycles. The second-order valence-corrected chi connectivity index (χ2v) is 6.81. The van der Waals surface area contributed by atoms with Gasteiger partial charge in [0.25, 0.3) is 5.91 Å². The Bertz CT molecular complexity index is 700. The van der Waals surface area contributed by atoms with Gasteiger partial charge in [0.05, 0.1) is 13.2 Å². The van der Waals surface area contributed by atoms with Gasteiger partial charge in [-0.2, -0.15) is 0 Å². The van der Waals surface area contributed by atoms with Crippen molar-refractivity contribution in [1.29, 1.82) is 0 Å². The summed E-state index contributed by atoms with van der Waals surface area (Å²) in [6, 6.07) is 5.60. The van der Waals surface area contributed by atoms with Crippen LogP contribution in [-0.4, -0.2) is 61.1 Å². The summed E-state index contributed by atoms with van der Waals surface area (Å²) in [5, 5.41) is 5.42. The lowest BCUT2D eigenvalue weighted by atomic mass is 10.1. The first-order valence-corrected chi connectivity index (χ1v) is 9.38. The van der Waals surface area contributed by atoms with Crippen molar-refractivity contribution in [3.8, 4) is 0 Å². The van der Waals surface area contributed by atoms with E-state index >= 15 is 0 Å². The van der Waals surface area contributed by atoms with Crippen molar-refractivity contribution in [2.45, 2.75) is 38.8 Å². The van der Waals surface area contributed by atoms with Crippen LogP contribution in [0.5, 0.6) is 0 Å². The zero-order valence-corrected chi connectivity index (χ0v) is 15.7. The normalized spacial score (nSPS) is 21.2. The van der Waals surface area contributed by atoms with E-state index in [2.05, 4.69) is 15.5 Å². The summed E-state index contributed by atoms with van der Waals surface area (Å²) in [7, 11) is 0. The van der Waals surface area contributed by atoms with Crippen LogP contribution in [0.25, 0.3) is 0 Å². The zero-order chi connectivity index (χ0) is 19.4. The van der Waals surface area contributed by atoms with E-state index in [4.69, 9.17) is 4.74 Å². The average Bonchev–Trinajstić information content (AvgIpc) is 2.96. The SMILES string of the molecule is CCC[C@H]1NC(=O)N([C@H](C)C(=O)Nc2ccc(N3CCOCC3)cc2)C1=O. The lowest BCUT2D eigenvalue weighted by Gasteiger charge is -2.29. The van der Waals surface area contributed by atoms with Crippen molar-refractivity contribution in [3.63, 3.8) is 0 Å². The summed E-state index contributed by atoms with van der Waals surface area (Å²) in [6.07, 6.45) is 1.35. The van der Waals surface area contributed by atoms with Crippen molar-refractivity contribution >= 4 is 29.2 Å². The maximum Gasteiger partial charge on any atom is 0.325 e. The van der Waals surface area contributed by atoms with E-state index < -0.39 is 24.0 Å². The number of nitrogens with one attached hydrogen (secondary N) is 2. The van der Waals surface area contributed by atoms with E-state index in [-0.39, 0.29) is 5.91 Å². The number of hydrogen-bond acceptors (Lipinski definition) is 5. The minimum absolute atomic E-state index is 0.341. The van der Waals surface area contributed by atoms with Crippen molar-refractivity contribution < 1.29 is 19.1 Å². The van der Waals surface area contributed by atoms with Crippen LogP contribution in [0.4, 0.5) is 16.2 Å². The molecule has 0 spiro atoms. The second-order valence-electron chi connectivity index (χ2n) is 6.81. The lowest BCUT2D eigenvalue weighted by Crippen LogP contribution is -2.46. The summed E-state index contributed by atoms with van der Waals surface area (Å²) in [6.45, 7) is 6.60. The number of ether oxygens (including phenoxy) is 1. The van der Waals surface area contributed by atoms with Crippen molar-refractivity contribution in [1.82, 2.24) is 10.2 Å². The molecule has 8 nitrogen and oxygen atoms in total. The molecule has 2 aliphatic heterocycles. The number of imide groups is 1. The molecular formula is C19H26N4O4. The molecule has 0 saturated carbocycles. The number of carbonyl (C=O) groups excluding carboxylic acids is 3. The van der Waals surface area contributed by atoms with Crippen LogP contribution in [0, 0.1) is 0 Å². The Morgan fingerprint density at radius 3 is 2.56 bits per heavy atom. The highest BCUT2D eigenvalue weighted by Crippen LogP contribution is 2.20. The highest BCUT2D eigenvalue weighted by molar-refractivity contribution is 6.09. The zero-order valence-electron chi connectivity index (χ0n) is 15.7. The quantitative estimate of drug-likeness (QED) is 0.738. The number of morpholine rings is 1. The van der Waals surface area contributed by atoms with Gasteiger partial charge in [0, 0.05) is 24.5 Å². The molecule has 2 N–H and O–H groups in total. The Balaban J connectivity index is 1.61. The minimum Gasteiger partial charge on any atom is -0.378 e. The fraction of sp³-hybridized carbons (Fsp3) is 0.526. The first-order chi connectivity index (χ1) is 13.0. The molecule has 2 atom stereocenters. The molecule has 0 bridgehead atoms. The third kappa shape index (κ3) is 4.21. The Morgan fingerprint density at radius 2 is 1.93 bits per heavy atom. The molecule has 3 rings (SSSR count). The average molecular weight is 374 g/mol. The number of anilines is 2. The van der Waals surface area contributed by atoms with Crippen LogP contribution in [0.3, 0.4) is 0 Å². The first kappa shape index (κ1) is 19.2. The number of nitrogens with zero attached hydrogens (tertiary/aromatic N) is 2. The van der Waals surface area contributed by atoms with Crippen LogP contribution >= 0.6 is 0 Å². The minimum atomic E-state index is -0.877. The van der Waals surface area contributed by atoms with Gasteiger partial charge >= 0.3 is 6.03 Å². The molecule has 146 valence electrons. The van der Waals surface area contributed by atoms with E-state index in [9.17, 15) is 14.4 Å². The molecule has 1 aromatic carbocycles. The Labute approximate surface area is 158 Å². The monoisotopic (exact) mass is 374 g/mol. The number of rotatable bonds is 6. The summed E-state index contributed by atoms with van der Waals surface area (Å²) in [4.78, 5) is 40.2. The molecule has 2 heterocycles. The molecule has 8 heteroatoms. The summed E-state index contributed by atoms with van der Waals surface area (Å²) in [5.74, 6) is -0.734. The number of urea groups is 1. The highest BCUT2D eigenvalue weighted by Gasteiger charge is 2.42. The summed E-state index contributed by atoms with van der Waals surface area (Å²) < 4.78 is 5.35. The fourth-order valence-electron chi connectivity index (χ4n) is 3.34. The van der Waals surface area contributed by atoms with Crippen molar-refractivity contribution in [2.75, 3.05) is 36.5 Å². The van der Waals surface area contributed by atoms with Crippen LogP contribution < -0.4 is 15.5 Å². The maximum absolute atomic E-state index is 12.5. The van der Waals surface area contributed by atoms with Gasteiger partial charge < -0.3 is 20.3 Å². The Morgan fingerprint density at radius 1 is 1.26 bits per heavy atom. The summed E-state index contributed by atoms with van der Waals surface area (Å²) in [5.41, 5.74) is 1.70.